The van der Waals surface area contributed by atoms with E-state index in [2.05, 4.69) is 10.2 Å². The Morgan fingerprint density at radius 1 is 1.48 bits per heavy atom. The fraction of sp³-hybridized carbons (Fsp3) is 0.533. The number of nitrogens with zero attached hydrogens (tertiary/aromatic N) is 1. The minimum Gasteiger partial charge on any atom is -0.373 e. The highest BCUT2D eigenvalue weighted by atomic mass is 35.5. The number of likely N-dealkylation sites (N-methyl/N-ethyl adjacent to an activating group) is 1. The molecule has 0 aliphatic carbocycles. The van der Waals surface area contributed by atoms with Crippen LogP contribution in [-0.2, 0) is 9.53 Å². The molecule has 1 heterocycles. The van der Waals surface area contributed by atoms with E-state index in [1.807, 2.05) is 31.3 Å². The average molecular weight is 312 g/mol. The molecule has 1 aliphatic rings. The van der Waals surface area contributed by atoms with Crippen molar-refractivity contribution in [2.45, 2.75) is 25.1 Å². The first kappa shape index (κ1) is 16.2. The van der Waals surface area contributed by atoms with Gasteiger partial charge in [0, 0.05) is 18.1 Å². The third-order valence-electron chi connectivity index (χ3n) is 3.61. The van der Waals surface area contributed by atoms with Gasteiger partial charge in [-0.3, -0.25) is 4.79 Å². The van der Waals surface area contributed by atoms with Gasteiger partial charge in [-0.2, -0.15) is 0 Å². The summed E-state index contributed by atoms with van der Waals surface area (Å²) >= 11 is 5.93. The van der Waals surface area contributed by atoms with E-state index >= 15 is 0 Å². The standard InChI is InChI=1S/C15H22ClN3O2/c1-10(17)15(20)18-14(11-3-5-12(16)6-4-11)13-9-19(2)7-8-21-13/h3-6,10,13-14H,7-9,17H2,1-2H3,(H,18,20). The molecule has 21 heavy (non-hydrogen) atoms. The van der Waals surface area contributed by atoms with Crippen molar-refractivity contribution < 1.29 is 9.53 Å². The van der Waals surface area contributed by atoms with Crippen molar-refractivity contribution in [2.24, 2.45) is 5.73 Å². The number of hydrogen-bond donors (Lipinski definition) is 2. The van der Waals surface area contributed by atoms with Gasteiger partial charge in [0.1, 0.15) is 0 Å². The zero-order valence-corrected chi connectivity index (χ0v) is 13.1. The molecule has 1 aromatic rings. The summed E-state index contributed by atoms with van der Waals surface area (Å²) in [6.45, 7) is 3.97. The van der Waals surface area contributed by atoms with Crippen molar-refractivity contribution in [3.8, 4) is 0 Å². The van der Waals surface area contributed by atoms with Crippen molar-refractivity contribution in [2.75, 3.05) is 26.7 Å². The Bertz CT molecular complexity index is 478. The molecule has 0 spiro atoms. The molecule has 1 fully saturated rings. The summed E-state index contributed by atoms with van der Waals surface area (Å²) in [4.78, 5) is 14.2. The Morgan fingerprint density at radius 3 is 2.71 bits per heavy atom. The third-order valence-corrected chi connectivity index (χ3v) is 3.86. The number of halogens is 1. The summed E-state index contributed by atoms with van der Waals surface area (Å²) in [6, 6.07) is 6.66. The summed E-state index contributed by atoms with van der Waals surface area (Å²) < 4.78 is 5.85. The third kappa shape index (κ3) is 4.41. The second-order valence-corrected chi connectivity index (χ2v) is 5.93. The molecular weight excluding hydrogens is 290 g/mol. The Balaban J connectivity index is 2.20. The zero-order chi connectivity index (χ0) is 15.4. The molecule has 0 radical (unpaired) electrons. The summed E-state index contributed by atoms with van der Waals surface area (Å²) in [7, 11) is 2.04. The number of benzene rings is 1. The maximum Gasteiger partial charge on any atom is 0.237 e. The molecule has 1 amide bonds. The molecule has 3 unspecified atom stereocenters. The lowest BCUT2D eigenvalue weighted by Gasteiger charge is -2.36. The lowest BCUT2D eigenvalue weighted by Crippen LogP contribution is -2.50. The van der Waals surface area contributed by atoms with Crippen LogP contribution in [-0.4, -0.2) is 49.7 Å². The van der Waals surface area contributed by atoms with Crippen LogP contribution < -0.4 is 11.1 Å². The molecule has 3 N–H and O–H groups in total. The minimum atomic E-state index is -0.555. The Kier molecular flexibility index (Phi) is 5.58. The van der Waals surface area contributed by atoms with Gasteiger partial charge in [-0.25, -0.2) is 0 Å². The van der Waals surface area contributed by atoms with Gasteiger partial charge in [0.15, 0.2) is 0 Å². The maximum absolute atomic E-state index is 12.0. The number of hydrogen-bond acceptors (Lipinski definition) is 4. The largest absolute Gasteiger partial charge is 0.373 e. The minimum absolute atomic E-state index is 0.104. The summed E-state index contributed by atoms with van der Waals surface area (Å²) in [5, 5.41) is 3.65. The first-order chi connectivity index (χ1) is 9.97. The van der Waals surface area contributed by atoms with Crippen LogP contribution in [0.15, 0.2) is 24.3 Å². The van der Waals surface area contributed by atoms with Gasteiger partial charge in [-0.15, -0.1) is 0 Å². The SMILES string of the molecule is CC(N)C(=O)NC(c1ccc(Cl)cc1)C1CN(C)CCO1. The maximum atomic E-state index is 12.0. The second-order valence-electron chi connectivity index (χ2n) is 5.50. The van der Waals surface area contributed by atoms with Crippen LogP contribution in [0.5, 0.6) is 0 Å². The van der Waals surface area contributed by atoms with Crippen molar-refractivity contribution in [3.05, 3.63) is 34.9 Å². The van der Waals surface area contributed by atoms with Crippen molar-refractivity contribution in [1.82, 2.24) is 10.2 Å². The molecule has 6 heteroatoms. The quantitative estimate of drug-likeness (QED) is 0.876. The van der Waals surface area contributed by atoms with Crippen molar-refractivity contribution >= 4 is 17.5 Å². The monoisotopic (exact) mass is 311 g/mol. The Hall–Kier alpha value is -1.14. The zero-order valence-electron chi connectivity index (χ0n) is 12.4. The Morgan fingerprint density at radius 2 is 2.14 bits per heavy atom. The molecule has 116 valence electrons. The highest BCUT2D eigenvalue weighted by molar-refractivity contribution is 6.30. The van der Waals surface area contributed by atoms with Gasteiger partial charge >= 0.3 is 0 Å². The van der Waals surface area contributed by atoms with Gasteiger partial charge < -0.3 is 20.7 Å². The number of rotatable bonds is 4. The number of morpholine rings is 1. The van der Waals surface area contributed by atoms with Gasteiger partial charge in [0.25, 0.3) is 0 Å². The highest BCUT2D eigenvalue weighted by Gasteiger charge is 2.30. The molecule has 0 aromatic heterocycles. The summed E-state index contributed by atoms with van der Waals surface area (Å²) in [5.41, 5.74) is 6.63. The van der Waals surface area contributed by atoms with E-state index in [9.17, 15) is 4.79 Å². The molecule has 2 rings (SSSR count). The normalized spacial score (nSPS) is 22.6. The van der Waals surface area contributed by atoms with E-state index in [0.717, 1.165) is 18.7 Å². The van der Waals surface area contributed by atoms with Crippen LogP contribution in [0.4, 0.5) is 0 Å². The smallest absolute Gasteiger partial charge is 0.237 e. The van der Waals surface area contributed by atoms with E-state index in [0.29, 0.717) is 11.6 Å². The number of nitrogens with two attached hydrogens (primary N) is 1. The lowest BCUT2D eigenvalue weighted by atomic mass is 9.99. The molecule has 3 atom stereocenters. The fourth-order valence-electron chi connectivity index (χ4n) is 2.36. The number of carbonyl (C=O) groups is 1. The fourth-order valence-corrected chi connectivity index (χ4v) is 2.48. The average Bonchev–Trinajstić information content (AvgIpc) is 2.45. The topological polar surface area (TPSA) is 67.6 Å². The van der Waals surface area contributed by atoms with Crippen LogP contribution in [0, 0.1) is 0 Å². The molecular formula is C15H22ClN3O2. The van der Waals surface area contributed by atoms with Crippen molar-refractivity contribution in [3.63, 3.8) is 0 Å². The van der Waals surface area contributed by atoms with Crippen LogP contribution in [0.2, 0.25) is 5.02 Å². The lowest BCUT2D eigenvalue weighted by molar-refractivity contribution is -0.125. The van der Waals surface area contributed by atoms with E-state index in [4.69, 9.17) is 22.1 Å². The predicted molar refractivity (Wildman–Crippen MR) is 83.2 cm³/mol. The second kappa shape index (κ2) is 7.22. The van der Waals surface area contributed by atoms with Gasteiger partial charge in [-0.1, -0.05) is 23.7 Å². The number of carbonyl (C=O) groups excluding carboxylic acids is 1. The molecule has 1 aromatic carbocycles. The van der Waals surface area contributed by atoms with Crippen LogP contribution in [0.1, 0.15) is 18.5 Å². The number of nitrogens with one attached hydrogen (secondary N) is 1. The van der Waals surface area contributed by atoms with E-state index in [-0.39, 0.29) is 18.1 Å². The summed E-state index contributed by atoms with van der Waals surface area (Å²) in [6.07, 6.45) is -0.104. The number of amides is 1. The summed E-state index contributed by atoms with van der Waals surface area (Å²) in [5.74, 6) is -0.188. The number of ether oxygens (including phenoxy) is 1. The van der Waals surface area contributed by atoms with Gasteiger partial charge in [-0.05, 0) is 31.7 Å². The molecule has 0 saturated carbocycles. The predicted octanol–water partition coefficient (Wildman–Crippen LogP) is 1.18. The van der Waals surface area contributed by atoms with Gasteiger partial charge in [0.05, 0.1) is 24.8 Å². The molecule has 0 bridgehead atoms. The van der Waals surface area contributed by atoms with Crippen LogP contribution >= 0.6 is 11.6 Å². The highest BCUT2D eigenvalue weighted by Crippen LogP contribution is 2.24. The van der Waals surface area contributed by atoms with Crippen molar-refractivity contribution in [1.29, 1.82) is 0 Å². The molecule has 5 nitrogen and oxygen atoms in total. The van der Waals surface area contributed by atoms with E-state index in [1.54, 1.807) is 6.92 Å². The first-order valence-corrected chi connectivity index (χ1v) is 7.46. The van der Waals surface area contributed by atoms with Gasteiger partial charge in [0.2, 0.25) is 5.91 Å². The molecule has 1 saturated heterocycles. The first-order valence-electron chi connectivity index (χ1n) is 7.09. The van der Waals surface area contributed by atoms with E-state index in [1.165, 1.54) is 0 Å². The Labute approximate surface area is 130 Å². The molecule has 1 aliphatic heterocycles. The van der Waals surface area contributed by atoms with Crippen LogP contribution in [0.25, 0.3) is 0 Å². The van der Waals surface area contributed by atoms with Crippen LogP contribution in [0.3, 0.4) is 0 Å². The van der Waals surface area contributed by atoms with E-state index < -0.39 is 6.04 Å².